The van der Waals surface area contributed by atoms with Gasteiger partial charge in [0, 0.05) is 36.1 Å². The molecule has 146 valence electrons. The summed E-state index contributed by atoms with van der Waals surface area (Å²) < 4.78 is 19.3. The molecular weight excluding hydrogens is 357 g/mol. The van der Waals surface area contributed by atoms with Gasteiger partial charge in [0.2, 0.25) is 5.91 Å². The van der Waals surface area contributed by atoms with E-state index in [9.17, 15) is 9.18 Å². The molecule has 1 amide bonds. The van der Waals surface area contributed by atoms with Crippen molar-refractivity contribution in [1.82, 2.24) is 9.88 Å². The number of benzene rings is 2. The highest BCUT2D eigenvalue weighted by molar-refractivity contribution is 5.90. The normalized spacial score (nSPS) is 19.4. The zero-order valence-corrected chi connectivity index (χ0v) is 16.0. The van der Waals surface area contributed by atoms with E-state index < -0.39 is 0 Å². The number of nitrogens with zero attached hydrogens (tertiary/aromatic N) is 1. The number of fused-ring (bicyclic) bond motifs is 1. The first-order chi connectivity index (χ1) is 13.5. The van der Waals surface area contributed by atoms with Crippen LogP contribution in [-0.2, 0) is 11.2 Å². The van der Waals surface area contributed by atoms with Gasteiger partial charge in [0.1, 0.15) is 11.6 Å². The number of aromatic nitrogens is 1. The van der Waals surface area contributed by atoms with Crippen LogP contribution in [-0.4, -0.2) is 42.0 Å². The first-order valence-electron chi connectivity index (χ1n) is 9.41. The lowest BCUT2D eigenvalue weighted by Gasteiger charge is -2.17. The number of hydrogen-bond donors (Lipinski definition) is 2. The van der Waals surface area contributed by atoms with Crippen molar-refractivity contribution in [3.8, 4) is 5.75 Å². The van der Waals surface area contributed by atoms with E-state index >= 15 is 0 Å². The quantitative estimate of drug-likeness (QED) is 0.729. The molecule has 3 aromatic rings. The molecule has 28 heavy (non-hydrogen) atoms. The summed E-state index contributed by atoms with van der Waals surface area (Å²) in [7, 11) is 1.63. The highest BCUT2D eigenvalue weighted by Gasteiger charge is 2.34. The third kappa shape index (κ3) is 3.24. The van der Waals surface area contributed by atoms with Gasteiger partial charge < -0.3 is 20.4 Å². The molecule has 0 spiro atoms. The van der Waals surface area contributed by atoms with Crippen LogP contribution in [0.15, 0.2) is 42.5 Å². The van der Waals surface area contributed by atoms with E-state index in [0.717, 1.165) is 28.0 Å². The molecule has 2 heterocycles. The van der Waals surface area contributed by atoms with Gasteiger partial charge in [-0.15, -0.1) is 0 Å². The molecule has 0 bridgehead atoms. The summed E-state index contributed by atoms with van der Waals surface area (Å²) in [6, 6.07) is 12.6. The lowest BCUT2D eigenvalue weighted by molar-refractivity contribution is -0.129. The Kier molecular flexibility index (Phi) is 4.81. The first-order valence-corrected chi connectivity index (χ1v) is 9.41. The number of methoxy groups -OCH3 is 1. The summed E-state index contributed by atoms with van der Waals surface area (Å²) in [5, 5.41) is 0.763. The molecular formula is C22H24FN3O2. The largest absolute Gasteiger partial charge is 0.497 e. The van der Waals surface area contributed by atoms with Crippen molar-refractivity contribution in [3.63, 3.8) is 0 Å². The van der Waals surface area contributed by atoms with E-state index in [4.69, 9.17) is 10.5 Å². The molecule has 1 fully saturated rings. The van der Waals surface area contributed by atoms with Crippen LogP contribution in [0.3, 0.4) is 0 Å². The minimum absolute atomic E-state index is 0.00843. The van der Waals surface area contributed by atoms with Gasteiger partial charge in [-0.25, -0.2) is 4.39 Å². The Morgan fingerprint density at radius 3 is 2.86 bits per heavy atom. The molecule has 1 saturated heterocycles. The van der Waals surface area contributed by atoms with Crippen molar-refractivity contribution < 1.29 is 13.9 Å². The lowest BCUT2D eigenvalue weighted by Crippen LogP contribution is -2.33. The molecule has 0 unspecified atom stereocenters. The number of aromatic amines is 1. The number of H-pyrrole nitrogens is 1. The fourth-order valence-corrected chi connectivity index (χ4v) is 4.12. The van der Waals surface area contributed by atoms with E-state index in [0.29, 0.717) is 18.6 Å². The molecule has 0 saturated carbocycles. The molecule has 5 nitrogen and oxygen atoms in total. The first kappa shape index (κ1) is 18.5. The van der Waals surface area contributed by atoms with E-state index in [1.165, 1.54) is 6.07 Å². The molecule has 3 N–H and O–H groups in total. The third-order valence-corrected chi connectivity index (χ3v) is 5.67. The molecule has 4 rings (SSSR count). The summed E-state index contributed by atoms with van der Waals surface area (Å²) in [4.78, 5) is 17.9. The Labute approximate surface area is 163 Å². The number of nitrogens with one attached hydrogen (secondary N) is 1. The van der Waals surface area contributed by atoms with Crippen molar-refractivity contribution in [3.05, 3.63) is 65.1 Å². The second kappa shape index (κ2) is 7.28. The average molecular weight is 381 g/mol. The van der Waals surface area contributed by atoms with E-state index in [-0.39, 0.29) is 30.1 Å². The lowest BCUT2D eigenvalue weighted by atomic mass is 9.95. The minimum Gasteiger partial charge on any atom is -0.497 e. The number of para-hydroxylation sites is 1. The van der Waals surface area contributed by atoms with E-state index in [1.54, 1.807) is 13.2 Å². The molecule has 0 radical (unpaired) electrons. The van der Waals surface area contributed by atoms with Gasteiger partial charge in [-0.2, -0.15) is 0 Å². The number of likely N-dealkylation sites (tertiary alicyclic amines) is 1. The zero-order chi connectivity index (χ0) is 19.8. The number of ether oxygens (including phenoxy) is 1. The third-order valence-electron chi connectivity index (χ3n) is 5.67. The Hall–Kier alpha value is -2.86. The highest BCUT2D eigenvalue weighted by atomic mass is 19.1. The summed E-state index contributed by atoms with van der Waals surface area (Å²) in [5.41, 5.74) is 9.55. The second-order valence-corrected chi connectivity index (χ2v) is 7.41. The predicted molar refractivity (Wildman–Crippen MR) is 107 cm³/mol. The number of rotatable bonds is 4. The topological polar surface area (TPSA) is 71.3 Å². The van der Waals surface area contributed by atoms with Crippen LogP contribution < -0.4 is 10.5 Å². The highest BCUT2D eigenvalue weighted by Crippen LogP contribution is 2.30. The summed E-state index contributed by atoms with van der Waals surface area (Å²) in [5.74, 6) is 0.557. The van der Waals surface area contributed by atoms with Crippen molar-refractivity contribution in [2.45, 2.75) is 25.3 Å². The minimum atomic E-state index is -0.305. The van der Waals surface area contributed by atoms with Crippen LogP contribution >= 0.6 is 0 Å². The van der Waals surface area contributed by atoms with Gasteiger partial charge in [-0.05, 0) is 36.2 Å². The van der Waals surface area contributed by atoms with Crippen LogP contribution in [0.5, 0.6) is 5.75 Å². The Morgan fingerprint density at radius 2 is 2.07 bits per heavy atom. The Bertz CT molecular complexity index is 1030. The van der Waals surface area contributed by atoms with Crippen LogP contribution in [0.2, 0.25) is 0 Å². The molecule has 1 aliphatic rings. The Morgan fingerprint density at radius 1 is 1.29 bits per heavy atom. The van der Waals surface area contributed by atoms with Gasteiger partial charge in [0.05, 0.1) is 19.0 Å². The van der Waals surface area contributed by atoms with Crippen LogP contribution in [0.25, 0.3) is 10.9 Å². The number of carbonyl (C=O) groups is 1. The van der Waals surface area contributed by atoms with Crippen LogP contribution in [0.4, 0.5) is 4.39 Å². The SMILES string of the molecule is COc1cccc([C@H]2CN(C(=O)Cc3c(C)[nH]c4c(F)cccc34)C[C@@H]2N)c1. The number of amides is 1. The molecule has 2 atom stereocenters. The fraction of sp³-hybridized carbons (Fsp3) is 0.318. The molecule has 6 heteroatoms. The Balaban J connectivity index is 1.54. The van der Waals surface area contributed by atoms with Crippen molar-refractivity contribution >= 4 is 16.8 Å². The summed E-state index contributed by atoms with van der Waals surface area (Å²) >= 11 is 0. The smallest absolute Gasteiger partial charge is 0.227 e. The fourth-order valence-electron chi connectivity index (χ4n) is 4.12. The van der Waals surface area contributed by atoms with Crippen molar-refractivity contribution in [2.75, 3.05) is 20.2 Å². The second-order valence-electron chi connectivity index (χ2n) is 7.41. The molecule has 1 aliphatic heterocycles. The maximum Gasteiger partial charge on any atom is 0.227 e. The average Bonchev–Trinajstić information content (AvgIpc) is 3.23. The number of halogens is 1. The number of hydrogen-bond acceptors (Lipinski definition) is 3. The summed E-state index contributed by atoms with van der Waals surface area (Å²) in [6.45, 7) is 2.95. The molecule has 0 aliphatic carbocycles. The van der Waals surface area contributed by atoms with Crippen LogP contribution in [0, 0.1) is 12.7 Å². The van der Waals surface area contributed by atoms with Gasteiger partial charge in [0.25, 0.3) is 0 Å². The van der Waals surface area contributed by atoms with E-state index in [2.05, 4.69) is 4.98 Å². The van der Waals surface area contributed by atoms with Gasteiger partial charge in [0.15, 0.2) is 0 Å². The maximum atomic E-state index is 14.0. The van der Waals surface area contributed by atoms with Gasteiger partial charge >= 0.3 is 0 Å². The monoisotopic (exact) mass is 381 g/mol. The number of nitrogens with two attached hydrogens (primary N) is 1. The predicted octanol–water partition coefficient (Wildman–Crippen LogP) is 3.12. The van der Waals surface area contributed by atoms with Gasteiger partial charge in [-0.3, -0.25) is 4.79 Å². The summed E-state index contributed by atoms with van der Waals surface area (Å²) in [6.07, 6.45) is 0.229. The van der Waals surface area contributed by atoms with Crippen molar-refractivity contribution in [1.29, 1.82) is 0 Å². The number of aryl methyl sites for hydroxylation is 1. The van der Waals surface area contributed by atoms with Crippen molar-refractivity contribution in [2.24, 2.45) is 5.73 Å². The molecule has 2 aromatic carbocycles. The van der Waals surface area contributed by atoms with E-state index in [1.807, 2.05) is 42.2 Å². The molecule has 1 aromatic heterocycles. The maximum absolute atomic E-state index is 14.0. The van der Waals surface area contributed by atoms with Gasteiger partial charge in [-0.1, -0.05) is 24.3 Å². The van der Waals surface area contributed by atoms with Crippen LogP contribution in [0.1, 0.15) is 22.7 Å². The standard InChI is InChI=1S/C22H24FN3O2/c1-13-17(16-7-4-8-19(23)22(16)25-13)10-21(27)26-11-18(20(24)12-26)14-5-3-6-15(9-14)28-2/h3-9,18,20,25H,10-12,24H2,1-2H3/t18-,20+/m1/s1. The zero-order valence-electron chi connectivity index (χ0n) is 16.0. The number of carbonyl (C=O) groups excluding carboxylic acids is 1.